The van der Waals surface area contributed by atoms with Crippen LogP contribution in [0.2, 0.25) is 5.02 Å². The number of hydrogen-bond acceptors (Lipinski definition) is 4. The van der Waals surface area contributed by atoms with Gasteiger partial charge < -0.3 is 5.32 Å². The topological polar surface area (TPSA) is 93.1 Å². The lowest BCUT2D eigenvalue weighted by Crippen LogP contribution is -2.29. The molecule has 0 aliphatic rings. The van der Waals surface area contributed by atoms with Crippen molar-refractivity contribution in [3.63, 3.8) is 0 Å². The van der Waals surface area contributed by atoms with Gasteiger partial charge in [-0.2, -0.15) is 18.3 Å². The van der Waals surface area contributed by atoms with E-state index < -0.39 is 39.5 Å². The molecule has 188 valence electrons. The van der Waals surface area contributed by atoms with Crippen molar-refractivity contribution in [3.05, 3.63) is 75.8 Å². The monoisotopic (exact) mass is 532 g/mol. The smallest absolute Gasteiger partial charge is 0.350 e. The number of amides is 1. The van der Waals surface area contributed by atoms with Gasteiger partial charge >= 0.3 is 6.18 Å². The van der Waals surface area contributed by atoms with E-state index in [-0.39, 0.29) is 34.7 Å². The molecule has 0 fully saturated rings. The lowest BCUT2D eigenvalue weighted by atomic mass is 9.99. The molecule has 0 spiro atoms. The molecule has 13 heteroatoms. The molecule has 0 saturated heterocycles. The van der Waals surface area contributed by atoms with Crippen LogP contribution in [0.15, 0.2) is 42.5 Å². The van der Waals surface area contributed by atoms with Crippen molar-refractivity contribution in [3.8, 4) is 5.69 Å². The summed E-state index contributed by atoms with van der Waals surface area (Å²) in [5, 5.41) is 6.56. The number of sulfonamides is 1. The lowest BCUT2D eigenvalue weighted by molar-refractivity contribution is -0.141. The SMILES string of the molecule is Cc1c(C(F)(F)F)nn(-c2cccc(Cl)c2)c1CNC(=O)C(C)c1ccc(NS(C)(=O)=O)c(F)c1. The third-order valence-electron chi connectivity index (χ3n) is 5.18. The fourth-order valence-electron chi connectivity index (χ4n) is 3.39. The van der Waals surface area contributed by atoms with Gasteiger partial charge in [0.15, 0.2) is 5.69 Å². The van der Waals surface area contributed by atoms with E-state index in [4.69, 9.17) is 11.6 Å². The summed E-state index contributed by atoms with van der Waals surface area (Å²) in [5.74, 6) is -2.35. The van der Waals surface area contributed by atoms with Gasteiger partial charge in [0.25, 0.3) is 0 Å². The highest BCUT2D eigenvalue weighted by molar-refractivity contribution is 7.92. The summed E-state index contributed by atoms with van der Waals surface area (Å²) in [7, 11) is -3.70. The maximum absolute atomic E-state index is 14.3. The summed E-state index contributed by atoms with van der Waals surface area (Å²) >= 11 is 5.98. The number of halogens is 5. The molecule has 1 heterocycles. The van der Waals surface area contributed by atoms with E-state index in [1.165, 1.54) is 38.1 Å². The van der Waals surface area contributed by atoms with Gasteiger partial charge in [-0.3, -0.25) is 9.52 Å². The zero-order chi connectivity index (χ0) is 26.1. The summed E-state index contributed by atoms with van der Waals surface area (Å²) in [6, 6.07) is 9.67. The van der Waals surface area contributed by atoms with Gasteiger partial charge in [0.2, 0.25) is 15.9 Å². The average Bonchev–Trinajstić information content (AvgIpc) is 3.08. The van der Waals surface area contributed by atoms with Gasteiger partial charge in [0, 0.05) is 10.6 Å². The van der Waals surface area contributed by atoms with Crippen molar-refractivity contribution in [2.24, 2.45) is 0 Å². The molecule has 7 nitrogen and oxygen atoms in total. The number of carbonyl (C=O) groups excluding carboxylic acids is 1. The Kier molecular flexibility index (Phi) is 7.46. The molecular formula is C22H21ClF4N4O3S. The van der Waals surface area contributed by atoms with E-state index in [9.17, 15) is 30.8 Å². The largest absolute Gasteiger partial charge is 0.435 e. The molecule has 3 rings (SSSR count). The summed E-state index contributed by atoms with van der Waals surface area (Å²) in [5.41, 5.74) is -0.901. The van der Waals surface area contributed by atoms with E-state index >= 15 is 0 Å². The highest BCUT2D eigenvalue weighted by atomic mass is 35.5. The predicted molar refractivity (Wildman–Crippen MR) is 123 cm³/mol. The Morgan fingerprint density at radius 2 is 1.89 bits per heavy atom. The molecule has 1 unspecified atom stereocenters. The molecule has 0 saturated carbocycles. The van der Waals surface area contributed by atoms with Crippen molar-refractivity contribution < 1.29 is 30.8 Å². The Hall–Kier alpha value is -3.12. The molecule has 0 radical (unpaired) electrons. The fraction of sp³-hybridized carbons (Fsp3) is 0.273. The zero-order valence-electron chi connectivity index (χ0n) is 18.7. The van der Waals surface area contributed by atoms with E-state index in [0.717, 1.165) is 17.0 Å². The van der Waals surface area contributed by atoms with Crippen LogP contribution in [0.1, 0.15) is 35.4 Å². The van der Waals surface area contributed by atoms with Crippen LogP contribution in [0.4, 0.5) is 23.2 Å². The van der Waals surface area contributed by atoms with Crippen molar-refractivity contribution in [2.45, 2.75) is 32.5 Å². The van der Waals surface area contributed by atoms with Crippen molar-refractivity contribution in [1.82, 2.24) is 15.1 Å². The summed E-state index contributed by atoms with van der Waals surface area (Å²) in [6.45, 7) is 2.45. The van der Waals surface area contributed by atoms with Gasteiger partial charge in [0.1, 0.15) is 5.82 Å². The molecule has 0 aliphatic carbocycles. The number of nitrogens with one attached hydrogen (secondary N) is 2. The Balaban J connectivity index is 1.85. The molecule has 2 aromatic carbocycles. The number of benzene rings is 2. The molecule has 35 heavy (non-hydrogen) atoms. The Morgan fingerprint density at radius 1 is 1.20 bits per heavy atom. The Bertz CT molecular complexity index is 1370. The maximum atomic E-state index is 14.3. The van der Waals surface area contributed by atoms with Crippen LogP contribution in [0.25, 0.3) is 5.69 Å². The second kappa shape index (κ2) is 9.86. The first-order valence-corrected chi connectivity index (χ1v) is 12.4. The van der Waals surface area contributed by atoms with Crippen LogP contribution in [0.5, 0.6) is 0 Å². The minimum absolute atomic E-state index is 0.0963. The first kappa shape index (κ1) is 26.5. The van der Waals surface area contributed by atoms with E-state index in [1.54, 1.807) is 12.1 Å². The third kappa shape index (κ3) is 6.31. The van der Waals surface area contributed by atoms with E-state index in [1.807, 2.05) is 4.72 Å². The average molecular weight is 533 g/mol. The van der Waals surface area contributed by atoms with Crippen molar-refractivity contribution >= 4 is 33.2 Å². The molecule has 1 atom stereocenters. The number of rotatable bonds is 7. The Labute approximate surface area is 204 Å². The molecule has 1 amide bonds. The highest BCUT2D eigenvalue weighted by Crippen LogP contribution is 2.33. The van der Waals surface area contributed by atoms with E-state index in [0.29, 0.717) is 5.02 Å². The molecular weight excluding hydrogens is 512 g/mol. The lowest BCUT2D eigenvalue weighted by Gasteiger charge is -2.15. The zero-order valence-corrected chi connectivity index (χ0v) is 20.3. The van der Waals surface area contributed by atoms with Crippen LogP contribution in [-0.4, -0.2) is 30.4 Å². The second-order valence-electron chi connectivity index (χ2n) is 7.86. The maximum Gasteiger partial charge on any atom is 0.435 e. The molecule has 2 N–H and O–H groups in total. The quantitative estimate of drug-likeness (QED) is 0.428. The van der Waals surface area contributed by atoms with Crippen molar-refractivity contribution in [1.29, 1.82) is 0 Å². The number of nitrogens with zero attached hydrogens (tertiary/aromatic N) is 2. The second-order valence-corrected chi connectivity index (χ2v) is 10.0. The molecule has 1 aromatic heterocycles. The van der Waals surface area contributed by atoms with Crippen LogP contribution in [-0.2, 0) is 27.5 Å². The van der Waals surface area contributed by atoms with Gasteiger partial charge in [-0.05, 0) is 49.7 Å². The van der Waals surface area contributed by atoms with Crippen LogP contribution in [0, 0.1) is 12.7 Å². The molecule has 0 bridgehead atoms. The van der Waals surface area contributed by atoms with Gasteiger partial charge in [0.05, 0.1) is 35.8 Å². The highest BCUT2D eigenvalue weighted by Gasteiger charge is 2.38. The van der Waals surface area contributed by atoms with Crippen LogP contribution < -0.4 is 10.0 Å². The minimum atomic E-state index is -4.71. The number of hydrogen-bond donors (Lipinski definition) is 2. The normalized spacial score (nSPS) is 12.9. The van der Waals surface area contributed by atoms with Gasteiger partial charge in [-0.25, -0.2) is 17.5 Å². The Morgan fingerprint density at radius 3 is 2.46 bits per heavy atom. The van der Waals surface area contributed by atoms with Crippen LogP contribution >= 0.6 is 11.6 Å². The first-order chi connectivity index (χ1) is 16.2. The van der Waals surface area contributed by atoms with Crippen LogP contribution in [0.3, 0.4) is 0 Å². The van der Waals surface area contributed by atoms with E-state index in [2.05, 4.69) is 10.4 Å². The van der Waals surface area contributed by atoms with Gasteiger partial charge in [-0.1, -0.05) is 23.7 Å². The summed E-state index contributed by atoms with van der Waals surface area (Å²) in [4.78, 5) is 12.7. The number of aromatic nitrogens is 2. The van der Waals surface area contributed by atoms with Crippen molar-refractivity contribution in [2.75, 3.05) is 11.0 Å². The minimum Gasteiger partial charge on any atom is -0.350 e. The summed E-state index contributed by atoms with van der Waals surface area (Å²) in [6.07, 6.45) is -3.84. The first-order valence-electron chi connectivity index (χ1n) is 10.1. The number of alkyl halides is 3. The fourth-order valence-corrected chi connectivity index (χ4v) is 4.14. The molecule has 0 aliphatic heterocycles. The third-order valence-corrected chi connectivity index (χ3v) is 6.00. The molecule has 3 aromatic rings. The number of anilines is 1. The predicted octanol–water partition coefficient (Wildman–Crippen LogP) is 4.78. The standard InChI is InChI=1S/C22H21ClF4N4O3S/c1-12(14-7-8-18(17(24)9-14)30-35(3,33)34)21(32)28-11-19-13(2)20(22(25,26)27)29-31(19)16-6-4-5-15(23)10-16/h4-10,12,30H,11H2,1-3H3,(H,28,32). The van der Waals surface area contributed by atoms with Gasteiger partial charge in [-0.15, -0.1) is 0 Å². The number of carbonyl (C=O) groups is 1. The summed E-state index contributed by atoms with van der Waals surface area (Å²) < 4.78 is 80.5.